The molecule has 1 aromatic rings. The summed E-state index contributed by atoms with van der Waals surface area (Å²) in [6.07, 6.45) is 2.21. The van der Waals surface area contributed by atoms with Gasteiger partial charge in [0.2, 0.25) is 0 Å². The first-order valence-corrected chi connectivity index (χ1v) is 5.72. The molecule has 0 bridgehead atoms. The minimum atomic E-state index is -0.927. The molecular formula is C14H15NO3. The van der Waals surface area contributed by atoms with E-state index >= 15 is 0 Å². The highest BCUT2D eigenvalue weighted by molar-refractivity contribution is 5.99. The number of hydrogen-bond acceptors (Lipinski definition) is 3. The van der Waals surface area contributed by atoms with Gasteiger partial charge in [-0.3, -0.25) is 4.79 Å². The summed E-state index contributed by atoms with van der Waals surface area (Å²) in [7, 11) is 1.32. The van der Waals surface area contributed by atoms with Crippen molar-refractivity contribution >= 4 is 11.9 Å². The number of methoxy groups -OCH3 is 1. The molecule has 2 rings (SSSR count). The van der Waals surface area contributed by atoms with Crippen molar-refractivity contribution < 1.29 is 14.3 Å². The van der Waals surface area contributed by atoms with Gasteiger partial charge in [0.15, 0.2) is 0 Å². The third-order valence-corrected chi connectivity index (χ3v) is 3.22. The van der Waals surface area contributed by atoms with Crippen LogP contribution in [0.25, 0.3) is 0 Å². The summed E-state index contributed by atoms with van der Waals surface area (Å²) in [5.74, 6) is -0.750. The predicted molar refractivity (Wildman–Crippen MR) is 67.0 cm³/mol. The van der Waals surface area contributed by atoms with E-state index in [1.54, 1.807) is 30.3 Å². The van der Waals surface area contributed by atoms with E-state index in [0.717, 1.165) is 0 Å². The molecule has 0 aliphatic heterocycles. The van der Waals surface area contributed by atoms with Crippen LogP contribution in [0.3, 0.4) is 0 Å². The van der Waals surface area contributed by atoms with Crippen LogP contribution in [0.5, 0.6) is 0 Å². The van der Waals surface area contributed by atoms with E-state index < -0.39 is 11.5 Å². The maximum absolute atomic E-state index is 12.0. The van der Waals surface area contributed by atoms with Gasteiger partial charge in [0.05, 0.1) is 7.11 Å². The van der Waals surface area contributed by atoms with Crippen LogP contribution in [-0.2, 0) is 9.53 Å². The van der Waals surface area contributed by atoms with Gasteiger partial charge in [-0.25, -0.2) is 4.79 Å². The van der Waals surface area contributed by atoms with E-state index in [9.17, 15) is 9.59 Å². The highest BCUT2D eigenvalue weighted by atomic mass is 16.5. The summed E-state index contributed by atoms with van der Waals surface area (Å²) < 4.78 is 4.74. The van der Waals surface area contributed by atoms with Gasteiger partial charge in [-0.15, -0.1) is 6.58 Å². The zero-order chi connectivity index (χ0) is 13.2. The molecule has 0 saturated heterocycles. The molecule has 0 spiro atoms. The first kappa shape index (κ1) is 12.4. The van der Waals surface area contributed by atoms with E-state index in [0.29, 0.717) is 12.0 Å². The molecule has 0 unspecified atom stereocenters. The number of benzene rings is 1. The van der Waals surface area contributed by atoms with Crippen molar-refractivity contribution in [1.29, 1.82) is 0 Å². The Bertz CT molecular complexity index is 483. The Morgan fingerprint density at radius 3 is 2.61 bits per heavy atom. The van der Waals surface area contributed by atoms with Gasteiger partial charge in [-0.2, -0.15) is 0 Å². The topological polar surface area (TPSA) is 55.4 Å². The van der Waals surface area contributed by atoms with Gasteiger partial charge in [0.1, 0.15) is 5.54 Å². The van der Waals surface area contributed by atoms with E-state index in [4.69, 9.17) is 4.74 Å². The normalized spacial score (nSPS) is 25.1. The number of carbonyl (C=O) groups is 2. The molecule has 1 aromatic carbocycles. The number of carbonyl (C=O) groups excluding carboxylic acids is 2. The van der Waals surface area contributed by atoms with Crippen LogP contribution in [-0.4, -0.2) is 24.5 Å². The molecule has 0 radical (unpaired) electrons. The van der Waals surface area contributed by atoms with E-state index in [2.05, 4.69) is 11.9 Å². The minimum absolute atomic E-state index is 0.0578. The van der Waals surface area contributed by atoms with Crippen molar-refractivity contribution in [3.05, 3.63) is 48.6 Å². The summed E-state index contributed by atoms with van der Waals surface area (Å²) in [5, 5.41) is 2.75. The highest BCUT2D eigenvalue weighted by Crippen LogP contribution is 2.45. The van der Waals surface area contributed by atoms with E-state index in [1.165, 1.54) is 7.11 Å². The summed E-state index contributed by atoms with van der Waals surface area (Å²) in [5.41, 5.74) is -0.404. The Morgan fingerprint density at radius 1 is 1.44 bits per heavy atom. The lowest BCUT2D eigenvalue weighted by atomic mass is 10.1. The average Bonchev–Trinajstić information content (AvgIpc) is 3.13. The van der Waals surface area contributed by atoms with Crippen molar-refractivity contribution in [2.75, 3.05) is 7.11 Å². The predicted octanol–water partition coefficient (Wildman–Crippen LogP) is 1.53. The third-order valence-electron chi connectivity index (χ3n) is 3.22. The van der Waals surface area contributed by atoms with Crippen LogP contribution in [0.1, 0.15) is 16.8 Å². The lowest BCUT2D eigenvalue weighted by molar-refractivity contribution is -0.144. The van der Waals surface area contributed by atoms with E-state index in [-0.39, 0.29) is 11.8 Å². The molecule has 1 N–H and O–H groups in total. The number of ether oxygens (including phenoxy) is 1. The molecule has 1 fully saturated rings. The Labute approximate surface area is 106 Å². The monoisotopic (exact) mass is 245 g/mol. The second kappa shape index (κ2) is 4.64. The largest absolute Gasteiger partial charge is 0.467 e. The van der Waals surface area contributed by atoms with Gasteiger partial charge < -0.3 is 10.1 Å². The molecule has 1 saturated carbocycles. The van der Waals surface area contributed by atoms with Crippen LogP contribution in [0.15, 0.2) is 43.0 Å². The van der Waals surface area contributed by atoms with Crippen LogP contribution >= 0.6 is 0 Å². The molecular weight excluding hydrogens is 230 g/mol. The number of esters is 1. The summed E-state index contributed by atoms with van der Waals surface area (Å²) >= 11 is 0. The fourth-order valence-corrected chi connectivity index (χ4v) is 2.05. The van der Waals surface area contributed by atoms with Crippen LogP contribution in [0.4, 0.5) is 0 Å². The molecule has 4 heteroatoms. The standard InChI is InChI=1S/C14H15NO3/c1-3-11-9-14(11,13(17)18-2)15-12(16)10-7-5-4-6-8-10/h3-8,11H,1,9H2,2H3,(H,15,16)/t11-,14-/m1/s1. The van der Waals surface area contributed by atoms with Gasteiger partial charge in [-0.1, -0.05) is 24.3 Å². The molecule has 1 amide bonds. The average molecular weight is 245 g/mol. The maximum atomic E-state index is 12.0. The second-order valence-corrected chi connectivity index (χ2v) is 4.33. The third kappa shape index (κ3) is 2.01. The summed E-state index contributed by atoms with van der Waals surface area (Å²) in [6.45, 7) is 3.66. The van der Waals surface area contributed by atoms with Gasteiger partial charge in [0.25, 0.3) is 5.91 Å². The van der Waals surface area contributed by atoms with Crippen LogP contribution in [0.2, 0.25) is 0 Å². The molecule has 4 nitrogen and oxygen atoms in total. The molecule has 0 heterocycles. The summed E-state index contributed by atoms with van der Waals surface area (Å²) in [6, 6.07) is 8.78. The summed E-state index contributed by atoms with van der Waals surface area (Å²) in [4.78, 5) is 23.8. The van der Waals surface area contributed by atoms with Crippen molar-refractivity contribution in [1.82, 2.24) is 5.32 Å². The van der Waals surface area contributed by atoms with Gasteiger partial charge in [-0.05, 0) is 18.6 Å². The lowest BCUT2D eigenvalue weighted by Gasteiger charge is -2.16. The Morgan fingerprint density at radius 2 is 2.11 bits per heavy atom. The molecule has 94 valence electrons. The number of amides is 1. The molecule has 18 heavy (non-hydrogen) atoms. The van der Waals surface area contributed by atoms with Crippen molar-refractivity contribution in [2.24, 2.45) is 5.92 Å². The number of hydrogen-bond donors (Lipinski definition) is 1. The van der Waals surface area contributed by atoms with Crippen molar-refractivity contribution in [3.63, 3.8) is 0 Å². The number of nitrogens with one attached hydrogen (secondary N) is 1. The lowest BCUT2D eigenvalue weighted by Crippen LogP contribution is -2.45. The Kier molecular flexibility index (Phi) is 3.19. The van der Waals surface area contributed by atoms with Gasteiger partial charge >= 0.3 is 5.97 Å². The fraction of sp³-hybridized carbons (Fsp3) is 0.286. The Balaban J connectivity index is 2.15. The van der Waals surface area contributed by atoms with Crippen LogP contribution in [0, 0.1) is 5.92 Å². The minimum Gasteiger partial charge on any atom is -0.467 e. The molecule has 1 aliphatic rings. The van der Waals surface area contributed by atoms with E-state index in [1.807, 2.05) is 6.07 Å². The first-order chi connectivity index (χ1) is 8.64. The molecule has 1 aliphatic carbocycles. The van der Waals surface area contributed by atoms with Crippen molar-refractivity contribution in [3.8, 4) is 0 Å². The molecule has 2 atom stereocenters. The SMILES string of the molecule is C=C[C@@H]1C[C@]1(NC(=O)c1ccccc1)C(=O)OC. The fourth-order valence-electron chi connectivity index (χ4n) is 2.05. The van der Waals surface area contributed by atoms with Gasteiger partial charge in [0, 0.05) is 11.5 Å². The Hall–Kier alpha value is -2.10. The van der Waals surface area contributed by atoms with Crippen molar-refractivity contribution in [2.45, 2.75) is 12.0 Å². The smallest absolute Gasteiger partial charge is 0.332 e. The zero-order valence-corrected chi connectivity index (χ0v) is 10.2. The van der Waals surface area contributed by atoms with Crippen LogP contribution < -0.4 is 5.32 Å². The maximum Gasteiger partial charge on any atom is 0.332 e. The first-order valence-electron chi connectivity index (χ1n) is 5.72. The number of rotatable bonds is 4. The highest BCUT2D eigenvalue weighted by Gasteiger charge is 2.60. The zero-order valence-electron chi connectivity index (χ0n) is 10.2. The second-order valence-electron chi connectivity index (χ2n) is 4.33. The molecule has 0 aromatic heterocycles. The quantitative estimate of drug-likeness (QED) is 0.646.